The first-order chi connectivity index (χ1) is 14.7. The first-order valence-corrected chi connectivity index (χ1v) is 10.2. The number of carbonyl (C=O) groups is 4. The molecule has 2 heterocycles. The van der Waals surface area contributed by atoms with Crippen molar-refractivity contribution in [3.05, 3.63) is 18.2 Å². The van der Waals surface area contributed by atoms with Gasteiger partial charge in [0.25, 0.3) is 0 Å². The predicted molar refractivity (Wildman–Crippen MR) is 110 cm³/mol. The number of fused-ring (bicyclic) bond motifs is 1. The predicted octanol–water partition coefficient (Wildman–Crippen LogP) is 0.541. The van der Waals surface area contributed by atoms with E-state index in [9.17, 15) is 19.2 Å². The van der Waals surface area contributed by atoms with Crippen LogP contribution in [0, 0.1) is 11.8 Å². The van der Waals surface area contributed by atoms with Gasteiger partial charge in [-0.2, -0.15) is 0 Å². The second-order valence-corrected chi connectivity index (χ2v) is 8.03. The van der Waals surface area contributed by atoms with E-state index in [4.69, 9.17) is 14.6 Å². The molecule has 3 amide bonds. The zero-order valence-corrected chi connectivity index (χ0v) is 17.7. The maximum atomic E-state index is 12.8. The Balaban J connectivity index is 1.66. The summed E-state index contributed by atoms with van der Waals surface area (Å²) in [5.74, 6) is -2.12. The zero-order valence-electron chi connectivity index (χ0n) is 17.7. The lowest BCUT2D eigenvalue weighted by atomic mass is 10.0. The number of hydrogen-bond donors (Lipinski definition) is 3. The summed E-state index contributed by atoms with van der Waals surface area (Å²) in [5, 5.41) is 14.0. The number of nitrogens with zero attached hydrogens (tertiary/aromatic N) is 1. The van der Waals surface area contributed by atoms with Crippen molar-refractivity contribution < 1.29 is 33.8 Å². The van der Waals surface area contributed by atoms with Crippen LogP contribution in [-0.2, 0) is 19.2 Å². The first-order valence-electron chi connectivity index (χ1n) is 10.2. The fourth-order valence-electron chi connectivity index (χ4n) is 3.50. The molecule has 10 nitrogen and oxygen atoms in total. The Bertz CT molecular complexity index is 886. The van der Waals surface area contributed by atoms with Crippen molar-refractivity contribution >= 4 is 29.4 Å². The molecule has 2 aliphatic heterocycles. The molecule has 0 bridgehead atoms. The largest absolute Gasteiger partial charge is 0.486 e. The Hall–Kier alpha value is -3.30. The number of anilines is 1. The van der Waals surface area contributed by atoms with Crippen molar-refractivity contribution in [3.63, 3.8) is 0 Å². The molecule has 1 fully saturated rings. The molecule has 0 aliphatic carbocycles. The minimum Gasteiger partial charge on any atom is -0.486 e. The average molecular weight is 433 g/mol. The van der Waals surface area contributed by atoms with Crippen molar-refractivity contribution in [2.75, 3.05) is 24.7 Å². The molecular weight excluding hydrogens is 406 g/mol. The van der Waals surface area contributed by atoms with Gasteiger partial charge in [-0.3, -0.25) is 19.2 Å². The maximum Gasteiger partial charge on any atom is 0.325 e. The van der Waals surface area contributed by atoms with E-state index in [1.807, 2.05) is 0 Å². The highest BCUT2D eigenvalue weighted by molar-refractivity contribution is 6.01. The number of carboxylic acid groups (broad SMARTS) is 1. The summed E-state index contributed by atoms with van der Waals surface area (Å²) in [5.41, 5.74) is 0.609. The van der Waals surface area contributed by atoms with Gasteiger partial charge in [-0.05, 0) is 25.0 Å². The van der Waals surface area contributed by atoms with E-state index in [0.717, 1.165) is 0 Å². The fourth-order valence-corrected chi connectivity index (χ4v) is 3.50. The van der Waals surface area contributed by atoms with Crippen molar-refractivity contribution in [1.82, 2.24) is 10.6 Å². The fraction of sp³-hybridized carbons (Fsp3) is 0.524. The molecule has 0 spiro atoms. The van der Waals surface area contributed by atoms with Gasteiger partial charge in [0.2, 0.25) is 17.7 Å². The lowest BCUT2D eigenvalue weighted by Crippen LogP contribution is -2.54. The van der Waals surface area contributed by atoms with Crippen LogP contribution in [0.5, 0.6) is 11.5 Å². The topological polar surface area (TPSA) is 134 Å². The molecule has 168 valence electrons. The highest BCUT2D eigenvalue weighted by atomic mass is 16.6. The molecule has 2 aliphatic rings. The van der Waals surface area contributed by atoms with E-state index in [0.29, 0.717) is 30.4 Å². The van der Waals surface area contributed by atoms with Crippen LogP contribution >= 0.6 is 0 Å². The van der Waals surface area contributed by atoms with Crippen LogP contribution in [0.3, 0.4) is 0 Å². The number of benzene rings is 1. The van der Waals surface area contributed by atoms with Crippen LogP contribution < -0.4 is 25.0 Å². The van der Waals surface area contributed by atoms with Crippen LogP contribution in [0.15, 0.2) is 18.2 Å². The third-order valence-electron chi connectivity index (χ3n) is 5.31. The number of hydrogen-bond acceptors (Lipinski definition) is 6. The molecule has 1 aromatic rings. The second-order valence-electron chi connectivity index (χ2n) is 8.03. The van der Waals surface area contributed by atoms with E-state index in [-0.39, 0.29) is 24.8 Å². The molecular formula is C21H27N3O7. The second kappa shape index (κ2) is 9.23. The summed E-state index contributed by atoms with van der Waals surface area (Å²) in [7, 11) is 0. The zero-order chi connectivity index (χ0) is 22.7. The Morgan fingerprint density at radius 2 is 1.77 bits per heavy atom. The Labute approximate surface area is 179 Å². The minimum absolute atomic E-state index is 0.0121. The molecule has 3 rings (SSSR count). The van der Waals surface area contributed by atoms with Gasteiger partial charge in [0, 0.05) is 24.7 Å². The number of aliphatic carboxylic acids is 1. The van der Waals surface area contributed by atoms with E-state index in [1.54, 1.807) is 32.0 Å². The summed E-state index contributed by atoms with van der Waals surface area (Å²) in [6.45, 7) is 5.90. The number of carboxylic acids is 1. The van der Waals surface area contributed by atoms with Gasteiger partial charge in [-0.1, -0.05) is 13.8 Å². The van der Waals surface area contributed by atoms with Crippen LogP contribution in [0.2, 0.25) is 0 Å². The number of nitrogens with one attached hydrogen (secondary N) is 2. The normalized spacial score (nSPS) is 19.7. The highest BCUT2D eigenvalue weighted by Gasteiger charge is 2.37. The van der Waals surface area contributed by atoms with Crippen LogP contribution in [0.1, 0.15) is 27.2 Å². The van der Waals surface area contributed by atoms with Crippen molar-refractivity contribution in [2.45, 2.75) is 39.3 Å². The smallest absolute Gasteiger partial charge is 0.325 e. The SMILES string of the molecule is CC(NC(=O)C(NC(=O)C1CC(=O)N(c2ccc3c(c2)OCCO3)C1)C(C)C)C(=O)O. The summed E-state index contributed by atoms with van der Waals surface area (Å²) < 4.78 is 11.0. The van der Waals surface area contributed by atoms with Crippen molar-refractivity contribution in [1.29, 1.82) is 0 Å². The number of ether oxygens (including phenoxy) is 2. The van der Waals surface area contributed by atoms with E-state index < -0.39 is 35.8 Å². The van der Waals surface area contributed by atoms with Gasteiger partial charge in [-0.25, -0.2) is 0 Å². The third-order valence-corrected chi connectivity index (χ3v) is 5.31. The van der Waals surface area contributed by atoms with Gasteiger partial charge >= 0.3 is 5.97 Å². The summed E-state index contributed by atoms with van der Waals surface area (Å²) in [6, 6.07) is 3.19. The Morgan fingerprint density at radius 1 is 1.10 bits per heavy atom. The lowest BCUT2D eigenvalue weighted by Gasteiger charge is -2.24. The van der Waals surface area contributed by atoms with E-state index in [1.165, 1.54) is 11.8 Å². The van der Waals surface area contributed by atoms with E-state index in [2.05, 4.69) is 10.6 Å². The Morgan fingerprint density at radius 3 is 2.42 bits per heavy atom. The van der Waals surface area contributed by atoms with Gasteiger partial charge in [0.05, 0.1) is 5.92 Å². The maximum absolute atomic E-state index is 12.8. The molecule has 10 heteroatoms. The van der Waals surface area contributed by atoms with Gasteiger partial charge in [-0.15, -0.1) is 0 Å². The van der Waals surface area contributed by atoms with Gasteiger partial charge in [0.15, 0.2) is 11.5 Å². The van der Waals surface area contributed by atoms with Crippen LogP contribution in [0.4, 0.5) is 5.69 Å². The monoisotopic (exact) mass is 433 g/mol. The molecule has 3 unspecified atom stereocenters. The summed E-state index contributed by atoms with van der Waals surface area (Å²) >= 11 is 0. The molecule has 0 saturated carbocycles. The third kappa shape index (κ3) is 5.07. The van der Waals surface area contributed by atoms with Crippen LogP contribution in [0.25, 0.3) is 0 Å². The molecule has 0 aromatic heterocycles. The molecule has 0 radical (unpaired) electrons. The van der Waals surface area contributed by atoms with Gasteiger partial charge in [0.1, 0.15) is 25.3 Å². The summed E-state index contributed by atoms with van der Waals surface area (Å²) in [4.78, 5) is 50.3. The number of amides is 3. The van der Waals surface area contributed by atoms with Gasteiger partial charge < -0.3 is 30.1 Å². The van der Waals surface area contributed by atoms with Crippen LogP contribution in [-0.4, -0.2) is 60.6 Å². The molecule has 1 aromatic carbocycles. The molecule has 31 heavy (non-hydrogen) atoms. The van der Waals surface area contributed by atoms with Crippen molar-refractivity contribution in [2.24, 2.45) is 11.8 Å². The van der Waals surface area contributed by atoms with E-state index >= 15 is 0 Å². The first kappa shape index (κ1) is 22.4. The Kier molecular flexibility index (Phi) is 6.67. The number of carbonyl (C=O) groups excluding carboxylic acids is 3. The average Bonchev–Trinajstić information content (AvgIpc) is 3.12. The standard InChI is InChI=1S/C21H27N3O7/c1-11(2)18(20(27)22-12(3)21(28)29)23-19(26)13-8-17(25)24(10-13)14-4-5-15-16(9-14)31-7-6-30-15/h4-5,9,11-13,18H,6-8,10H2,1-3H3,(H,22,27)(H,23,26)(H,28,29). The quantitative estimate of drug-likeness (QED) is 0.571. The minimum atomic E-state index is -1.17. The number of rotatable bonds is 7. The summed E-state index contributed by atoms with van der Waals surface area (Å²) in [6.07, 6.45) is 0.0121. The molecule has 3 N–H and O–H groups in total. The lowest BCUT2D eigenvalue weighted by molar-refractivity contribution is -0.142. The highest BCUT2D eigenvalue weighted by Crippen LogP contribution is 2.36. The van der Waals surface area contributed by atoms with Crippen molar-refractivity contribution in [3.8, 4) is 11.5 Å². The molecule has 3 atom stereocenters. The molecule has 1 saturated heterocycles.